The fourth-order valence-electron chi connectivity index (χ4n) is 8.09. The zero-order valence-corrected chi connectivity index (χ0v) is 28.4. The largest absolute Gasteiger partial charge is 0.507 e. The number of benzene rings is 2. The third kappa shape index (κ3) is 6.22. The van der Waals surface area contributed by atoms with Crippen molar-refractivity contribution in [3.05, 3.63) is 63.2 Å². The Hall–Kier alpha value is -3.11. The molecular weight excluding hydrogens is 652 g/mol. The molecule has 3 heterocycles. The number of carbonyl (C=O) groups is 3. The van der Waals surface area contributed by atoms with E-state index < -0.39 is 90.1 Å². The summed E-state index contributed by atoms with van der Waals surface area (Å²) in [7, 11) is 0. The van der Waals surface area contributed by atoms with Gasteiger partial charge in [-0.2, -0.15) is 0 Å². The van der Waals surface area contributed by atoms with Crippen LogP contribution in [0.3, 0.4) is 0 Å². The first-order valence-electron chi connectivity index (χ1n) is 17.3. The van der Waals surface area contributed by atoms with Gasteiger partial charge in [-0.25, -0.2) is 0 Å². The Balaban J connectivity index is 1.06. The summed E-state index contributed by atoms with van der Waals surface area (Å²) in [4.78, 5) is 40.8. The number of carbonyl (C=O) groups excluding carboxylic acids is 3. The Morgan fingerprint density at radius 2 is 1.36 bits per heavy atom. The van der Waals surface area contributed by atoms with E-state index in [4.69, 9.17) is 23.7 Å². The van der Waals surface area contributed by atoms with E-state index >= 15 is 0 Å². The average molecular weight is 697 g/mol. The van der Waals surface area contributed by atoms with Crippen LogP contribution in [0.25, 0.3) is 0 Å². The molecule has 0 bridgehead atoms. The quantitative estimate of drug-likeness (QED) is 0.261. The monoisotopic (exact) mass is 696 g/mol. The molecule has 3 fully saturated rings. The molecule has 3 saturated heterocycles. The molecule has 5 aliphatic rings. The summed E-state index contributed by atoms with van der Waals surface area (Å²) < 4.78 is 30.3. The maximum absolute atomic E-state index is 13.9. The molecule has 5 N–H and O–H groups in total. The van der Waals surface area contributed by atoms with Crippen LogP contribution in [0.15, 0.2) is 24.3 Å². The minimum atomic E-state index is -1.25. The maximum Gasteiger partial charge on any atom is 0.198 e. The van der Waals surface area contributed by atoms with Crippen LogP contribution >= 0.6 is 0 Å². The van der Waals surface area contributed by atoms with Crippen LogP contribution in [0.1, 0.15) is 119 Å². The molecule has 0 amide bonds. The van der Waals surface area contributed by atoms with Crippen LogP contribution in [0.4, 0.5) is 0 Å². The van der Waals surface area contributed by atoms with Gasteiger partial charge in [0.2, 0.25) is 0 Å². The van der Waals surface area contributed by atoms with Crippen molar-refractivity contribution in [2.75, 3.05) is 0 Å². The molecule has 0 spiro atoms. The topological polar surface area (TPSA) is 199 Å². The molecule has 7 rings (SSSR count). The zero-order valence-electron chi connectivity index (χ0n) is 28.4. The van der Waals surface area contributed by atoms with Gasteiger partial charge in [-0.15, -0.1) is 0 Å². The van der Waals surface area contributed by atoms with Gasteiger partial charge in [0.05, 0.1) is 53.9 Å². The van der Waals surface area contributed by atoms with Gasteiger partial charge in [0.15, 0.2) is 29.9 Å². The highest BCUT2D eigenvalue weighted by molar-refractivity contribution is 6.32. The maximum atomic E-state index is 13.9. The van der Waals surface area contributed by atoms with E-state index in [1.807, 2.05) is 6.92 Å². The molecule has 50 heavy (non-hydrogen) atoms. The molecule has 0 aromatic heterocycles. The predicted octanol–water partition coefficient (Wildman–Crippen LogP) is 2.41. The zero-order chi connectivity index (χ0) is 35.8. The number of rotatable bonds is 5. The molecular formula is C37H44O13. The van der Waals surface area contributed by atoms with Crippen molar-refractivity contribution in [3.8, 4) is 5.75 Å². The second-order valence-electron chi connectivity index (χ2n) is 14.7. The van der Waals surface area contributed by atoms with Gasteiger partial charge in [-0.3, -0.25) is 14.4 Å². The minimum Gasteiger partial charge on any atom is -0.507 e. The number of phenols is 1. The van der Waals surface area contributed by atoms with Crippen molar-refractivity contribution in [1.29, 1.82) is 0 Å². The normalized spacial score (nSPS) is 38.7. The number of aliphatic hydroxyl groups excluding tert-OH is 3. The minimum absolute atomic E-state index is 0.00154. The van der Waals surface area contributed by atoms with E-state index in [1.165, 1.54) is 18.2 Å². The number of hydrogen-bond donors (Lipinski definition) is 5. The fourth-order valence-corrected chi connectivity index (χ4v) is 8.09. The first kappa shape index (κ1) is 35.3. The SMILES string of the molecule is C[C@@H]1O[C@@H](O[C@@H]2C[C@@H](c3ccc4c(c3O)C(=O)c3ccc5c(c3C4=O)C(=O)C[C@](C)(O)C5)O[C@H](C)[C@@H]2O)CC[C@@H]1O[C@H]1C[C@@H](O)[C@H](O)[C@@H](C)O1. The van der Waals surface area contributed by atoms with E-state index in [2.05, 4.69) is 0 Å². The second-order valence-corrected chi connectivity index (χ2v) is 14.7. The van der Waals surface area contributed by atoms with Crippen LogP contribution in [0.2, 0.25) is 0 Å². The van der Waals surface area contributed by atoms with Gasteiger partial charge in [-0.05, 0) is 51.8 Å². The third-order valence-corrected chi connectivity index (χ3v) is 10.8. The van der Waals surface area contributed by atoms with Crippen LogP contribution in [-0.4, -0.2) is 110 Å². The lowest BCUT2D eigenvalue weighted by atomic mass is 9.73. The number of Topliss-reactive ketones (excluding diaryl/α,β-unsaturated/α-hetero) is 1. The van der Waals surface area contributed by atoms with Crippen molar-refractivity contribution in [1.82, 2.24) is 0 Å². The van der Waals surface area contributed by atoms with Gasteiger partial charge >= 0.3 is 0 Å². The van der Waals surface area contributed by atoms with Crippen molar-refractivity contribution >= 4 is 17.3 Å². The number of aliphatic hydroxyl groups is 4. The van der Waals surface area contributed by atoms with Crippen molar-refractivity contribution in [2.24, 2.45) is 0 Å². The van der Waals surface area contributed by atoms with Crippen LogP contribution < -0.4 is 0 Å². The van der Waals surface area contributed by atoms with Crippen LogP contribution in [-0.2, 0) is 30.1 Å². The average Bonchev–Trinajstić information content (AvgIpc) is 3.04. The standard InChI is InChI=1S/C37H44O13/c1-15-24(49-28-11-22(38)32(40)16(2)48-28)9-10-27(47-15)50-26-12-25(46-17(3)33(26)41)19-7-8-21-31(34(19)42)36(44)20-6-5-18-13-37(4,45)14-23(39)29(18)30(20)35(21)43/h5-8,15-17,22,24-28,32-33,38,40-42,45H,9-14H2,1-4H3/t15-,16+,17+,22+,24-,25-,26+,27-,28-,32+,33-,37+/m0/s1. The van der Waals surface area contributed by atoms with Crippen LogP contribution in [0, 0.1) is 0 Å². The van der Waals surface area contributed by atoms with Crippen molar-refractivity contribution in [2.45, 2.75) is 139 Å². The van der Waals surface area contributed by atoms with E-state index in [1.54, 1.807) is 26.8 Å². The highest BCUT2D eigenvalue weighted by Crippen LogP contribution is 2.44. The smallest absolute Gasteiger partial charge is 0.198 e. The summed E-state index contributed by atoms with van der Waals surface area (Å²) >= 11 is 0. The Labute approximate surface area is 289 Å². The molecule has 13 nitrogen and oxygen atoms in total. The number of ketones is 3. The lowest BCUT2D eigenvalue weighted by Gasteiger charge is -2.43. The van der Waals surface area contributed by atoms with Gasteiger partial charge in [0.1, 0.15) is 18.0 Å². The van der Waals surface area contributed by atoms with Gasteiger partial charge in [0.25, 0.3) is 0 Å². The molecule has 2 aliphatic carbocycles. The highest BCUT2D eigenvalue weighted by atomic mass is 16.7. The number of ether oxygens (including phenoxy) is 5. The number of fused-ring (bicyclic) bond motifs is 4. The lowest BCUT2D eigenvalue weighted by Crippen LogP contribution is -2.51. The van der Waals surface area contributed by atoms with E-state index in [0.29, 0.717) is 18.4 Å². The molecule has 0 radical (unpaired) electrons. The third-order valence-electron chi connectivity index (χ3n) is 10.8. The van der Waals surface area contributed by atoms with E-state index in [0.717, 1.165) is 0 Å². The fraction of sp³-hybridized carbons (Fsp3) is 0.595. The van der Waals surface area contributed by atoms with Gasteiger partial charge < -0.3 is 49.2 Å². The molecule has 13 heteroatoms. The molecule has 0 unspecified atom stereocenters. The Morgan fingerprint density at radius 3 is 2.08 bits per heavy atom. The van der Waals surface area contributed by atoms with Crippen molar-refractivity contribution < 1.29 is 63.6 Å². The summed E-state index contributed by atoms with van der Waals surface area (Å²) in [6.07, 6.45) is -6.73. The van der Waals surface area contributed by atoms with E-state index in [-0.39, 0.29) is 65.2 Å². The van der Waals surface area contributed by atoms with Gasteiger partial charge in [0, 0.05) is 59.9 Å². The molecule has 0 saturated carbocycles. The molecule has 2 aromatic carbocycles. The summed E-state index contributed by atoms with van der Waals surface area (Å²) in [5.74, 6) is -1.98. The summed E-state index contributed by atoms with van der Waals surface area (Å²) in [6, 6.07) is 6.01. The first-order chi connectivity index (χ1) is 23.6. The first-order valence-corrected chi connectivity index (χ1v) is 17.3. The second kappa shape index (κ2) is 13.1. The Morgan fingerprint density at radius 1 is 0.720 bits per heavy atom. The summed E-state index contributed by atoms with van der Waals surface area (Å²) in [6.45, 7) is 6.74. The molecule has 12 atom stereocenters. The molecule has 270 valence electrons. The predicted molar refractivity (Wildman–Crippen MR) is 173 cm³/mol. The van der Waals surface area contributed by atoms with Crippen molar-refractivity contribution in [3.63, 3.8) is 0 Å². The van der Waals surface area contributed by atoms with Crippen LogP contribution in [0.5, 0.6) is 5.75 Å². The number of phenolic OH excluding ortho intramolecular Hbond substituents is 1. The number of aromatic hydroxyl groups is 1. The summed E-state index contributed by atoms with van der Waals surface area (Å²) in [5.41, 5.74) is -0.546. The Bertz CT molecular complexity index is 1690. The number of hydrogen-bond acceptors (Lipinski definition) is 13. The molecule has 3 aliphatic heterocycles. The summed E-state index contributed by atoms with van der Waals surface area (Å²) in [5, 5.41) is 53.2. The highest BCUT2D eigenvalue weighted by Gasteiger charge is 2.45. The Kier molecular flexibility index (Phi) is 9.28. The van der Waals surface area contributed by atoms with E-state index in [9.17, 15) is 39.9 Å². The molecule has 2 aromatic rings. The van der Waals surface area contributed by atoms with Gasteiger partial charge in [-0.1, -0.05) is 12.1 Å². The lowest BCUT2D eigenvalue weighted by molar-refractivity contribution is -0.306.